The topological polar surface area (TPSA) is 85.5 Å². The van der Waals surface area contributed by atoms with Crippen molar-refractivity contribution in [1.82, 2.24) is 9.88 Å². The average molecular weight is 421 g/mol. The predicted molar refractivity (Wildman–Crippen MR) is 115 cm³/mol. The fourth-order valence-electron chi connectivity index (χ4n) is 4.13. The Labute approximate surface area is 179 Å². The molecule has 1 atom stereocenters. The first-order chi connectivity index (χ1) is 14.9. The van der Waals surface area contributed by atoms with Gasteiger partial charge in [0.1, 0.15) is 11.6 Å². The predicted octanol–water partition coefficient (Wildman–Crippen LogP) is 3.43. The maximum absolute atomic E-state index is 13.6. The van der Waals surface area contributed by atoms with E-state index in [0.29, 0.717) is 36.1 Å². The Bertz CT molecular complexity index is 1130. The van der Waals surface area contributed by atoms with E-state index in [2.05, 4.69) is 4.98 Å². The van der Waals surface area contributed by atoms with Crippen LogP contribution in [0, 0.1) is 5.82 Å². The lowest BCUT2D eigenvalue weighted by atomic mass is 9.90. The van der Waals surface area contributed by atoms with Crippen LogP contribution in [0.15, 0.2) is 48.5 Å². The van der Waals surface area contributed by atoms with Crippen LogP contribution in [0.1, 0.15) is 40.4 Å². The van der Waals surface area contributed by atoms with E-state index in [4.69, 9.17) is 10.5 Å². The number of likely N-dealkylation sites (tertiary alicyclic amines) is 1. The summed E-state index contributed by atoms with van der Waals surface area (Å²) in [5.41, 5.74) is 7.98. The van der Waals surface area contributed by atoms with Gasteiger partial charge in [0.25, 0.3) is 5.91 Å². The molecule has 1 aromatic heterocycles. The number of piperidine rings is 1. The molecule has 0 saturated carbocycles. The second-order valence-corrected chi connectivity index (χ2v) is 7.83. The van der Waals surface area contributed by atoms with Crippen molar-refractivity contribution in [2.75, 3.05) is 20.2 Å². The number of rotatable bonds is 5. The Balaban J connectivity index is 1.56. The summed E-state index contributed by atoms with van der Waals surface area (Å²) >= 11 is 0. The van der Waals surface area contributed by atoms with Crippen LogP contribution in [0.25, 0.3) is 10.9 Å². The Kier molecular flexibility index (Phi) is 5.84. The Hall–Kier alpha value is -3.48. The highest BCUT2D eigenvalue weighted by Crippen LogP contribution is 2.30. The number of fused-ring (bicyclic) bond motifs is 1. The Morgan fingerprint density at radius 3 is 2.68 bits per heavy atom. The molecule has 4 rings (SSSR count). The smallest absolute Gasteiger partial charge is 0.250 e. The molecule has 0 aliphatic carbocycles. The minimum Gasteiger partial charge on any atom is -0.497 e. The van der Waals surface area contributed by atoms with E-state index in [1.807, 2.05) is 29.2 Å². The van der Waals surface area contributed by atoms with Gasteiger partial charge in [-0.05, 0) is 54.8 Å². The molecule has 6 nitrogen and oxygen atoms in total. The zero-order valence-electron chi connectivity index (χ0n) is 17.3. The van der Waals surface area contributed by atoms with E-state index in [9.17, 15) is 14.0 Å². The number of halogens is 1. The minimum absolute atomic E-state index is 0.0263. The summed E-state index contributed by atoms with van der Waals surface area (Å²) in [4.78, 5) is 31.5. The lowest BCUT2D eigenvalue weighted by Crippen LogP contribution is -2.40. The summed E-state index contributed by atoms with van der Waals surface area (Å²) < 4.78 is 18.8. The monoisotopic (exact) mass is 421 g/mol. The first-order valence-electron chi connectivity index (χ1n) is 10.3. The van der Waals surface area contributed by atoms with Gasteiger partial charge >= 0.3 is 0 Å². The molecule has 3 aromatic rings. The molecule has 1 fully saturated rings. The van der Waals surface area contributed by atoms with E-state index in [1.54, 1.807) is 19.2 Å². The highest BCUT2D eigenvalue weighted by Gasteiger charge is 2.28. The minimum atomic E-state index is -0.602. The average Bonchev–Trinajstić information content (AvgIpc) is 2.78. The van der Waals surface area contributed by atoms with Gasteiger partial charge in [0, 0.05) is 24.4 Å². The van der Waals surface area contributed by atoms with Gasteiger partial charge in [-0.2, -0.15) is 0 Å². The second-order valence-electron chi connectivity index (χ2n) is 7.83. The zero-order valence-corrected chi connectivity index (χ0v) is 17.3. The number of nitrogens with two attached hydrogens (primary N) is 1. The third kappa shape index (κ3) is 4.50. The molecule has 160 valence electrons. The summed E-state index contributed by atoms with van der Waals surface area (Å²) in [7, 11) is 1.60. The van der Waals surface area contributed by atoms with Gasteiger partial charge in [0.15, 0.2) is 0 Å². The highest BCUT2D eigenvalue weighted by atomic mass is 19.1. The summed E-state index contributed by atoms with van der Waals surface area (Å²) in [6.07, 6.45) is 1.90. The maximum atomic E-state index is 13.6. The quantitative estimate of drug-likeness (QED) is 0.684. The maximum Gasteiger partial charge on any atom is 0.250 e. The Morgan fingerprint density at radius 1 is 1.19 bits per heavy atom. The van der Waals surface area contributed by atoms with Gasteiger partial charge in [0.05, 0.1) is 30.3 Å². The van der Waals surface area contributed by atoms with Crippen LogP contribution in [0.5, 0.6) is 5.75 Å². The lowest BCUT2D eigenvalue weighted by Gasteiger charge is -2.33. The van der Waals surface area contributed by atoms with Gasteiger partial charge in [-0.15, -0.1) is 0 Å². The van der Waals surface area contributed by atoms with Crippen molar-refractivity contribution in [2.45, 2.75) is 25.2 Å². The number of aromatic nitrogens is 1. The van der Waals surface area contributed by atoms with Crippen molar-refractivity contribution in [3.63, 3.8) is 0 Å². The molecular weight excluding hydrogens is 397 g/mol. The van der Waals surface area contributed by atoms with Gasteiger partial charge in [0.2, 0.25) is 5.91 Å². The van der Waals surface area contributed by atoms with Crippen LogP contribution in [-0.4, -0.2) is 41.9 Å². The fourth-order valence-corrected chi connectivity index (χ4v) is 4.13. The zero-order chi connectivity index (χ0) is 22.0. The third-order valence-electron chi connectivity index (χ3n) is 5.75. The summed E-state index contributed by atoms with van der Waals surface area (Å²) in [6, 6.07) is 13.3. The number of hydrogen-bond donors (Lipinski definition) is 1. The van der Waals surface area contributed by atoms with Crippen molar-refractivity contribution in [2.24, 2.45) is 5.73 Å². The number of nitrogens with zero attached hydrogens (tertiary/aromatic N) is 2. The summed E-state index contributed by atoms with van der Waals surface area (Å²) in [6.45, 7) is 1.13. The van der Waals surface area contributed by atoms with Crippen LogP contribution < -0.4 is 10.5 Å². The summed E-state index contributed by atoms with van der Waals surface area (Å²) in [5, 5.41) is 0.529. The number of amides is 2. The van der Waals surface area contributed by atoms with Crippen molar-refractivity contribution in [3.05, 3.63) is 71.2 Å². The summed E-state index contributed by atoms with van der Waals surface area (Å²) in [5.74, 6) is -0.333. The number of benzene rings is 2. The van der Waals surface area contributed by atoms with Crippen LogP contribution in [0.4, 0.5) is 4.39 Å². The lowest BCUT2D eigenvalue weighted by molar-refractivity contribution is -0.131. The standard InChI is InChI=1S/C24H24FN3O3/c1-31-19-7-4-15(5-8-19)11-22(29)28-10-2-3-16(14-28)23-20(24(26)30)13-17-12-18(25)6-9-21(17)27-23/h4-9,12-13,16H,2-3,10-11,14H2,1H3,(H2,26,30). The largest absolute Gasteiger partial charge is 0.497 e. The number of pyridine rings is 1. The molecule has 31 heavy (non-hydrogen) atoms. The van der Waals surface area contributed by atoms with Crippen molar-refractivity contribution in [3.8, 4) is 5.75 Å². The van der Waals surface area contributed by atoms with Gasteiger partial charge < -0.3 is 15.4 Å². The fraction of sp³-hybridized carbons (Fsp3) is 0.292. The highest BCUT2D eigenvalue weighted by molar-refractivity contribution is 5.98. The number of carbonyl (C=O) groups excluding carboxylic acids is 2. The molecule has 1 aliphatic rings. The van der Waals surface area contributed by atoms with Crippen LogP contribution in [0.3, 0.4) is 0 Å². The van der Waals surface area contributed by atoms with E-state index in [-0.39, 0.29) is 17.4 Å². The van der Waals surface area contributed by atoms with E-state index >= 15 is 0 Å². The molecule has 2 heterocycles. The molecule has 0 bridgehead atoms. The molecule has 0 radical (unpaired) electrons. The first kappa shape index (κ1) is 20.8. The van der Waals surface area contributed by atoms with Crippen LogP contribution in [-0.2, 0) is 11.2 Å². The van der Waals surface area contributed by atoms with Gasteiger partial charge in [-0.1, -0.05) is 12.1 Å². The number of ether oxygens (including phenoxy) is 1. The molecule has 0 spiro atoms. The molecule has 2 N–H and O–H groups in total. The second kappa shape index (κ2) is 8.71. The van der Waals surface area contributed by atoms with E-state index in [0.717, 1.165) is 24.2 Å². The van der Waals surface area contributed by atoms with Crippen LogP contribution in [0.2, 0.25) is 0 Å². The molecule has 2 amide bonds. The SMILES string of the molecule is COc1ccc(CC(=O)N2CCCC(c3nc4ccc(F)cc4cc3C(N)=O)C2)cc1. The van der Waals surface area contributed by atoms with Gasteiger partial charge in [-0.3, -0.25) is 14.6 Å². The number of hydrogen-bond acceptors (Lipinski definition) is 4. The first-order valence-corrected chi connectivity index (χ1v) is 10.3. The molecule has 1 aliphatic heterocycles. The van der Waals surface area contributed by atoms with Crippen molar-refractivity contribution < 1.29 is 18.7 Å². The third-order valence-corrected chi connectivity index (χ3v) is 5.75. The van der Waals surface area contributed by atoms with Crippen LogP contribution >= 0.6 is 0 Å². The molecule has 1 unspecified atom stereocenters. The van der Waals surface area contributed by atoms with Gasteiger partial charge in [-0.25, -0.2) is 4.39 Å². The molecule has 2 aromatic carbocycles. The Morgan fingerprint density at radius 2 is 1.97 bits per heavy atom. The molecule has 1 saturated heterocycles. The normalized spacial score (nSPS) is 16.3. The number of methoxy groups -OCH3 is 1. The number of carbonyl (C=O) groups is 2. The van der Waals surface area contributed by atoms with E-state index in [1.165, 1.54) is 12.1 Å². The molecule has 7 heteroatoms. The van der Waals surface area contributed by atoms with E-state index < -0.39 is 11.7 Å². The van der Waals surface area contributed by atoms with Crippen molar-refractivity contribution >= 4 is 22.7 Å². The molecular formula is C24H24FN3O3. The van der Waals surface area contributed by atoms with Crippen molar-refractivity contribution in [1.29, 1.82) is 0 Å². The number of primary amides is 1.